The first-order chi connectivity index (χ1) is 9.25. The van der Waals surface area contributed by atoms with Gasteiger partial charge in [0.2, 0.25) is 0 Å². The summed E-state index contributed by atoms with van der Waals surface area (Å²) in [7, 11) is 0. The number of aromatic nitrogens is 3. The highest BCUT2D eigenvalue weighted by atomic mass is 79.9. The maximum absolute atomic E-state index is 12.4. The second-order valence-electron chi connectivity index (χ2n) is 4.74. The minimum atomic E-state index is 0.0854. The average molecular weight is 320 g/mol. The lowest BCUT2D eigenvalue weighted by molar-refractivity contribution is 0.619. The van der Waals surface area contributed by atoms with Gasteiger partial charge in [-0.3, -0.25) is 14.3 Å². The summed E-state index contributed by atoms with van der Waals surface area (Å²) in [6, 6.07) is 3.79. The Morgan fingerprint density at radius 1 is 1.26 bits per heavy atom. The number of aryl methyl sites for hydroxylation is 1. The quantitative estimate of drug-likeness (QED) is 0.853. The maximum Gasteiger partial charge on any atom is 0.257 e. The van der Waals surface area contributed by atoms with Crippen molar-refractivity contribution in [2.75, 3.05) is 0 Å². The zero-order valence-corrected chi connectivity index (χ0v) is 12.1. The zero-order valence-electron chi connectivity index (χ0n) is 10.5. The molecule has 2 heterocycles. The van der Waals surface area contributed by atoms with Crippen molar-refractivity contribution in [1.82, 2.24) is 14.5 Å². The molecule has 0 fully saturated rings. The van der Waals surface area contributed by atoms with Gasteiger partial charge in [0.1, 0.15) is 0 Å². The molecule has 0 radical (unpaired) electrons. The van der Waals surface area contributed by atoms with Crippen LogP contribution in [0, 0.1) is 0 Å². The highest BCUT2D eigenvalue weighted by Crippen LogP contribution is 2.17. The molecule has 5 heteroatoms. The first-order valence-corrected chi connectivity index (χ1v) is 7.21. The number of hydrogen-bond donors (Lipinski definition) is 0. The number of hydrogen-bond acceptors (Lipinski definition) is 3. The fourth-order valence-electron chi connectivity index (χ4n) is 2.44. The van der Waals surface area contributed by atoms with Crippen LogP contribution in [0.1, 0.15) is 29.8 Å². The van der Waals surface area contributed by atoms with E-state index >= 15 is 0 Å². The van der Waals surface area contributed by atoms with Crippen LogP contribution in [0.2, 0.25) is 0 Å². The molecule has 4 nitrogen and oxygen atoms in total. The van der Waals surface area contributed by atoms with Crippen LogP contribution >= 0.6 is 15.9 Å². The largest absolute Gasteiger partial charge is 0.293 e. The van der Waals surface area contributed by atoms with Gasteiger partial charge in [0, 0.05) is 16.2 Å². The van der Waals surface area contributed by atoms with Crippen molar-refractivity contribution in [1.29, 1.82) is 0 Å². The lowest BCUT2D eigenvalue weighted by Gasteiger charge is -2.15. The smallest absolute Gasteiger partial charge is 0.257 e. The molecule has 0 amide bonds. The molecular formula is C14H14BrN3O. The summed E-state index contributed by atoms with van der Waals surface area (Å²) in [6.07, 6.45) is 7.38. The molecule has 1 aliphatic rings. The van der Waals surface area contributed by atoms with Gasteiger partial charge in [-0.1, -0.05) is 0 Å². The Labute approximate surface area is 119 Å². The van der Waals surface area contributed by atoms with Gasteiger partial charge < -0.3 is 0 Å². The zero-order chi connectivity index (χ0) is 13.2. The van der Waals surface area contributed by atoms with Crippen molar-refractivity contribution in [2.45, 2.75) is 32.2 Å². The highest BCUT2D eigenvalue weighted by molar-refractivity contribution is 9.10. The molecule has 0 aliphatic heterocycles. The minimum Gasteiger partial charge on any atom is -0.293 e. The monoisotopic (exact) mass is 319 g/mol. The minimum absolute atomic E-state index is 0.0854. The SMILES string of the molecule is O=c1c2c(ncn1Cc1ncccc1Br)CCCC2. The second-order valence-corrected chi connectivity index (χ2v) is 5.60. The number of pyridine rings is 1. The first-order valence-electron chi connectivity index (χ1n) is 6.42. The molecule has 2 aromatic heterocycles. The van der Waals surface area contributed by atoms with Crippen LogP contribution in [0.4, 0.5) is 0 Å². The molecular weight excluding hydrogens is 306 g/mol. The van der Waals surface area contributed by atoms with E-state index in [0.717, 1.165) is 47.1 Å². The van der Waals surface area contributed by atoms with E-state index in [-0.39, 0.29) is 5.56 Å². The molecule has 1 aliphatic carbocycles. The summed E-state index contributed by atoms with van der Waals surface area (Å²) in [6.45, 7) is 0.459. The average Bonchev–Trinajstić information content (AvgIpc) is 2.44. The van der Waals surface area contributed by atoms with E-state index in [1.165, 1.54) is 0 Å². The topological polar surface area (TPSA) is 47.8 Å². The Bertz CT molecular complexity index is 666. The van der Waals surface area contributed by atoms with Crippen molar-refractivity contribution in [3.05, 3.63) is 56.4 Å². The van der Waals surface area contributed by atoms with E-state index < -0.39 is 0 Å². The van der Waals surface area contributed by atoms with Crippen LogP contribution in [0.5, 0.6) is 0 Å². The van der Waals surface area contributed by atoms with Crippen molar-refractivity contribution in [3.63, 3.8) is 0 Å². The highest BCUT2D eigenvalue weighted by Gasteiger charge is 2.16. The Balaban J connectivity index is 1.98. The van der Waals surface area contributed by atoms with Gasteiger partial charge in [-0.15, -0.1) is 0 Å². The molecule has 3 rings (SSSR count). The summed E-state index contributed by atoms with van der Waals surface area (Å²) in [5, 5.41) is 0. The number of halogens is 1. The van der Waals surface area contributed by atoms with Gasteiger partial charge in [-0.25, -0.2) is 4.98 Å². The van der Waals surface area contributed by atoms with Gasteiger partial charge in [0.25, 0.3) is 5.56 Å². The van der Waals surface area contributed by atoms with Crippen molar-refractivity contribution < 1.29 is 0 Å². The summed E-state index contributed by atoms with van der Waals surface area (Å²) in [5.41, 5.74) is 2.80. The van der Waals surface area contributed by atoms with Crippen LogP contribution in [0.15, 0.2) is 33.9 Å². The molecule has 0 spiro atoms. The normalized spacial score (nSPS) is 14.2. The van der Waals surface area contributed by atoms with Crippen LogP contribution in [-0.2, 0) is 19.4 Å². The summed E-state index contributed by atoms with van der Waals surface area (Å²) >= 11 is 3.45. The predicted molar refractivity (Wildman–Crippen MR) is 76.2 cm³/mol. The maximum atomic E-state index is 12.4. The van der Waals surface area contributed by atoms with Gasteiger partial charge in [-0.2, -0.15) is 0 Å². The van der Waals surface area contributed by atoms with E-state index in [4.69, 9.17) is 0 Å². The molecule has 19 heavy (non-hydrogen) atoms. The van der Waals surface area contributed by atoms with Gasteiger partial charge in [0.05, 0.1) is 24.3 Å². The van der Waals surface area contributed by atoms with E-state index in [1.807, 2.05) is 12.1 Å². The Hall–Kier alpha value is -1.49. The molecule has 2 aromatic rings. The van der Waals surface area contributed by atoms with E-state index in [2.05, 4.69) is 25.9 Å². The Morgan fingerprint density at radius 3 is 2.95 bits per heavy atom. The summed E-state index contributed by atoms with van der Waals surface area (Å²) < 4.78 is 2.57. The van der Waals surface area contributed by atoms with Crippen molar-refractivity contribution >= 4 is 15.9 Å². The second kappa shape index (κ2) is 5.25. The number of rotatable bonds is 2. The lowest BCUT2D eigenvalue weighted by Crippen LogP contribution is -2.28. The standard InChI is InChI=1S/C14H14BrN3O/c15-11-5-3-7-16-13(11)8-18-9-17-12-6-2-1-4-10(12)14(18)19/h3,5,7,9H,1-2,4,6,8H2. The molecule has 98 valence electrons. The van der Waals surface area contributed by atoms with Crippen LogP contribution in [0.3, 0.4) is 0 Å². The molecule has 0 aromatic carbocycles. The molecule has 0 bridgehead atoms. The van der Waals surface area contributed by atoms with Gasteiger partial charge in [-0.05, 0) is 53.7 Å². The fraction of sp³-hybridized carbons (Fsp3) is 0.357. The van der Waals surface area contributed by atoms with Gasteiger partial charge in [0.15, 0.2) is 0 Å². The molecule has 0 unspecified atom stereocenters. The summed E-state index contributed by atoms with van der Waals surface area (Å²) in [4.78, 5) is 21.1. The number of nitrogens with zero attached hydrogens (tertiary/aromatic N) is 3. The molecule has 0 saturated heterocycles. The van der Waals surface area contributed by atoms with E-state index in [1.54, 1.807) is 17.1 Å². The molecule has 0 atom stereocenters. The third-order valence-electron chi connectivity index (χ3n) is 3.47. The summed E-state index contributed by atoms with van der Waals surface area (Å²) in [5.74, 6) is 0. The van der Waals surface area contributed by atoms with Crippen LogP contribution < -0.4 is 5.56 Å². The third-order valence-corrected chi connectivity index (χ3v) is 4.19. The van der Waals surface area contributed by atoms with Crippen LogP contribution in [0.25, 0.3) is 0 Å². The van der Waals surface area contributed by atoms with E-state index in [9.17, 15) is 4.79 Å². The number of fused-ring (bicyclic) bond motifs is 1. The lowest BCUT2D eigenvalue weighted by atomic mass is 9.97. The van der Waals surface area contributed by atoms with Crippen molar-refractivity contribution in [3.8, 4) is 0 Å². The molecule has 0 saturated carbocycles. The third kappa shape index (κ3) is 2.47. The van der Waals surface area contributed by atoms with E-state index in [0.29, 0.717) is 6.54 Å². The predicted octanol–water partition coefficient (Wildman–Crippen LogP) is 2.33. The Morgan fingerprint density at radius 2 is 2.11 bits per heavy atom. The Kier molecular flexibility index (Phi) is 3.46. The molecule has 0 N–H and O–H groups in total. The van der Waals surface area contributed by atoms with Crippen molar-refractivity contribution in [2.24, 2.45) is 0 Å². The first kappa shape index (κ1) is 12.5. The fourth-order valence-corrected chi connectivity index (χ4v) is 2.82. The van der Waals surface area contributed by atoms with Crippen LogP contribution in [-0.4, -0.2) is 14.5 Å². The van der Waals surface area contributed by atoms with Gasteiger partial charge >= 0.3 is 0 Å².